The normalized spacial score (nSPS) is 16.6. The molecule has 130 valence electrons. The predicted octanol–water partition coefficient (Wildman–Crippen LogP) is 3.06. The minimum atomic E-state index is -1.03. The molecule has 0 N–H and O–H groups in total. The third-order valence-corrected chi connectivity index (χ3v) is 6.77. The Labute approximate surface area is 149 Å². The quantitative estimate of drug-likeness (QED) is 0.678. The zero-order chi connectivity index (χ0) is 17.6. The van der Waals surface area contributed by atoms with E-state index in [9.17, 15) is 9.35 Å². The third kappa shape index (κ3) is 2.89. The van der Waals surface area contributed by atoms with Crippen molar-refractivity contribution >= 4 is 16.8 Å². The van der Waals surface area contributed by atoms with E-state index >= 15 is 0 Å². The van der Waals surface area contributed by atoms with Crippen LogP contribution >= 0.6 is 0 Å². The lowest BCUT2D eigenvalue weighted by atomic mass is 10.1. The molecule has 1 aliphatic carbocycles. The average Bonchev–Trinajstić information content (AvgIpc) is 3.27. The summed E-state index contributed by atoms with van der Waals surface area (Å²) in [6.07, 6.45) is 9.93. The van der Waals surface area contributed by atoms with Gasteiger partial charge < -0.3 is 9.12 Å². The topological polar surface area (TPSA) is 62.4 Å². The third-order valence-electron chi connectivity index (χ3n) is 4.98. The van der Waals surface area contributed by atoms with E-state index in [4.69, 9.17) is 0 Å². The molecule has 0 aliphatic heterocycles. The fourth-order valence-corrected chi connectivity index (χ4v) is 5.19. The van der Waals surface area contributed by atoms with Gasteiger partial charge in [-0.25, -0.2) is 4.98 Å². The summed E-state index contributed by atoms with van der Waals surface area (Å²) in [6, 6.07) is 5.82. The highest BCUT2D eigenvalue weighted by molar-refractivity contribution is 7.92. The first-order valence-corrected chi connectivity index (χ1v) is 9.81. The molecule has 1 saturated carbocycles. The molecule has 0 spiro atoms. The second-order valence-corrected chi connectivity index (χ2v) is 8.45. The maximum Gasteiger partial charge on any atom is 0.253 e. The molecule has 1 atom stereocenters. The van der Waals surface area contributed by atoms with Gasteiger partial charge in [0.2, 0.25) is 5.03 Å². The Hall–Kier alpha value is -2.05. The van der Waals surface area contributed by atoms with Gasteiger partial charge in [0.25, 0.3) is 5.56 Å². The number of pyridine rings is 2. The van der Waals surface area contributed by atoms with Gasteiger partial charge >= 0.3 is 0 Å². The fraction of sp³-hybridized carbons (Fsp3) is 0.368. The van der Waals surface area contributed by atoms with Crippen molar-refractivity contribution in [2.45, 2.75) is 42.9 Å². The Morgan fingerprint density at radius 1 is 1.20 bits per heavy atom. The first-order chi connectivity index (χ1) is 12.0. The second-order valence-electron chi connectivity index (χ2n) is 6.77. The molecular weight excluding hydrogens is 334 g/mol. The Kier molecular flexibility index (Phi) is 4.17. The van der Waals surface area contributed by atoms with Crippen LogP contribution in [0.2, 0.25) is 0 Å². The lowest BCUT2D eigenvalue weighted by Gasteiger charge is -2.16. The molecule has 0 saturated heterocycles. The van der Waals surface area contributed by atoms with E-state index < -0.39 is 11.2 Å². The number of hydrogen-bond donors (Lipinski definition) is 0. The molecule has 5 nitrogen and oxygen atoms in total. The Morgan fingerprint density at radius 2 is 1.96 bits per heavy atom. The van der Waals surface area contributed by atoms with Crippen molar-refractivity contribution in [3.8, 4) is 11.1 Å². The van der Waals surface area contributed by atoms with E-state index in [1.54, 1.807) is 17.8 Å². The Balaban J connectivity index is 1.79. The van der Waals surface area contributed by atoms with Crippen LogP contribution in [0.15, 0.2) is 46.6 Å². The summed E-state index contributed by atoms with van der Waals surface area (Å²) in [5.41, 5.74) is 3.46. The summed E-state index contributed by atoms with van der Waals surface area (Å²) in [7, 11) is 1.76. The minimum Gasteiger partial charge on any atom is -0.610 e. The molecule has 1 unspecified atom stereocenters. The van der Waals surface area contributed by atoms with Crippen LogP contribution in [0.1, 0.15) is 31.2 Å². The average molecular weight is 355 g/mol. The highest BCUT2D eigenvalue weighted by Crippen LogP contribution is 2.30. The van der Waals surface area contributed by atoms with Gasteiger partial charge in [-0.3, -0.25) is 9.20 Å². The molecule has 0 amide bonds. The minimum absolute atomic E-state index is 0.00971. The van der Waals surface area contributed by atoms with E-state index in [0.29, 0.717) is 5.56 Å². The number of hydrogen-bond acceptors (Lipinski definition) is 3. The van der Waals surface area contributed by atoms with Gasteiger partial charge in [0.05, 0.1) is 0 Å². The number of rotatable bonds is 3. The van der Waals surface area contributed by atoms with Crippen molar-refractivity contribution in [1.82, 2.24) is 14.0 Å². The maximum absolute atomic E-state index is 12.9. The van der Waals surface area contributed by atoms with Crippen LogP contribution < -0.4 is 5.56 Å². The lowest BCUT2D eigenvalue weighted by molar-refractivity contribution is 0.574. The maximum atomic E-state index is 12.9. The molecule has 0 radical (unpaired) electrons. The van der Waals surface area contributed by atoms with Crippen LogP contribution in [-0.2, 0) is 18.2 Å². The highest BCUT2D eigenvalue weighted by atomic mass is 32.2. The van der Waals surface area contributed by atoms with E-state index in [-0.39, 0.29) is 10.8 Å². The summed E-state index contributed by atoms with van der Waals surface area (Å²) in [4.78, 5) is 16.3. The van der Waals surface area contributed by atoms with Crippen LogP contribution in [0.25, 0.3) is 16.8 Å². The first kappa shape index (κ1) is 16.4. The van der Waals surface area contributed by atoms with Crippen LogP contribution in [0.4, 0.5) is 0 Å². The molecule has 4 rings (SSSR count). The van der Waals surface area contributed by atoms with Gasteiger partial charge in [0.15, 0.2) is 0 Å². The number of aromatic nitrogens is 3. The molecule has 1 aliphatic rings. The van der Waals surface area contributed by atoms with Crippen LogP contribution in [-0.4, -0.2) is 23.8 Å². The van der Waals surface area contributed by atoms with Gasteiger partial charge in [-0.1, -0.05) is 0 Å². The number of nitrogens with zero attached hydrogens (tertiary/aromatic N) is 3. The van der Waals surface area contributed by atoms with Crippen molar-refractivity contribution < 1.29 is 4.55 Å². The molecule has 3 aromatic rings. The van der Waals surface area contributed by atoms with Crippen molar-refractivity contribution in [3.05, 3.63) is 52.7 Å². The van der Waals surface area contributed by atoms with E-state index in [1.807, 2.05) is 41.9 Å². The molecule has 25 heavy (non-hydrogen) atoms. The number of fused-ring (bicyclic) bond motifs is 1. The summed E-state index contributed by atoms with van der Waals surface area (Å²) >= 11 is -1.03. The zero-order valence-electron chi connectivity index (χ0n) is 14.4. The van der Waals surface area contributed by atoms with E-state index in [0.717, 1.165) is 47.5 Å². The molecule has 3 heterocycles. The standard InChI is InChI=1S/C19H21N3O2S/c1-13-9-15(11-21(2)19(13)23)14-7-8-17-20-10-18(22(17)12-14)25(24)16-5-3-4-6-16/h7-12,16H,3-6H2,1-2H3. The molecule has 0 bridgehead atoms. The van der Waals surface area contributed by atoms with Crippen LogP contribution in [0, 0.1) is 6.92 Å². The monoisotopic (exact) mass is 355 g/mol. The van der Waals surface area contributed by atoms with Crippen molar-refractivity contribution in [1.29, 1.82) is 0 Å². The van der Waals surface area contributed by atoms with Gasteiger partial charge in [0, 0.05) is 41.7 Å². The van der Waals surface area contributed by atoms with Gasteiger partial charge in [-0.05, 0) is 56.4 Å². The van der Waals surface area contributed by atoms with Gasteiger partial charge in [0.1, 0.15) is 17.1 Å². The summed E-state index contributed by atoms with van der Waals surface area (Å²) in [5, 5.41) is 1.01. The fourth-order valence-electron chi connectivity index (χ4n) is 3.59. The number of aryl methyl sites for hydroxylation is 2. The van der Waals surface area contributed by atoms with Gasteiger partial charge in [-0.15, -0.1) is 0 Å². The van der Waals surface area contributed by atoms with Crippen LogP contribution in [0.5, 0.6) is 0 Å². The van der Waals surface area contributed by atoms with Crippen molar-refractivity contribution in [2.75, 3.05) is 0 Å². The van der Waals surface area contributed by atoms with Crippen molar-refractivity contribution in [3.63, 3.8) is 0 Å². The predicted molar refractivity (Wildman–Crippen MR) is 99.3 cm³/mol. The van der Waals surface area contributed by atoms with E-state index in [1.165, 1.54) is 0 Å². The smallest absolute Gasteiger partial charge is 0.253 e. The zero-order valence-corrected chi connectivity index (χ0v) is 15.3. The molecule has 6 heteroatoms. The Morgan fingerprint density at radius 3 is 2.68 bits per heavy atom. The number of imidazole rings is 1. The lowest BCUT2D eigenvalue weighted by Crippen LogP contribution is -2.19. The van der Waals surface area contributed by atoms with E-state index in [2.05, 4.69) is 4.98 Å². The van der Waals surface area contributed by atoms with Gasteiger partial charge in [-0.2, -0.15) is 0 Å². The molecular formula is C19H21N3O2S. The molecule has 1 fully saturated rings. The Bertz CT molecular complexity index is 960. The summed E-state index contributed by atoms with van der Waals surface area (Å²) in [6.45, 7) is 1.82. The second kappa shape index (κ2) is 6.35. The first-order valence-electron chi connectivity index (χ1n) is 8.60. The van der Waals surface area contributed by atoms with Crippen LogP contribution in [0.3, 0.4) is 0 Å². The molecule has 3 aromatic heterocycles. The highest BCUT2D eigenvalue weighted by Gasteiger charge is 2.30. The molecule has 0 aromatic carbocycles. The summed E-state index contributed by atoms with van der Waals surface area (Å²) < 4.78 is 16.5. The SMILES string of the molecule is Cc1cc(-c2ccc3ncc([S+]([O-])C4CCCC4)n3c2)cn(C)c1=O. The summed E-state index contributed by atoms with van der Waals surface area (Å²) in [5.74, 6) is 0. The van der Waals surface area contributed by atoms with Crippen molar-refractivity contribution in [2.24, 2.45) is 7.05 Å². The largest absolute Gasteiger partial charge is 0.610 e.